The molecule has 0 amide bonds. The molecule has 1 N–H and O–H groups in total. The Morgan fingerprint density at radius 1 is 1.09 bits per heavy atom. The number of aryl methyl sites for hydroxylation is 1. The highest BCUT2D eigenvalue weighted by molar-refractivity contribution is 7.18. The quantitative estimate of drug-likeness (QED) is 0.448. The fourth-order valence-electron chi connectivity index (χ4n) is 4.52. The number of rotatable bonds is 7. The number of hydrogen-bond donors (Lipinski definition) is 1. The summed E-state index contributed by atoms with van der Waals surface area (Å²) >= 11 is 1.66. The molecule has 1 aliphatic rings. The Labute approximate surface area is 196 Å². The second-order valence-electron chi connectivity index (χ2n) is 8.36. The maximum atomic E-state index is 13.3. The Balaban J connectivity index is 1.32. The van der Waals surface area contributed by atoms with Crippen molar-refractivity contribution in [2.75, 3.05) is 14.2 Å². The number of aromatic nitrogens is 2. The molecule has 6 nitrogen and oxygen atoms in total. The molecule has 0 bridgehead atoms. The number of nitrogens with one attached hydrogen (secondary N) is 1. The first kappa shape index (κ1) is 21.7. The van der Waals surface area contributed by atoms with E-state index in [1.165, 1.54) is 10.4 Å². The minimum absolute atomic E-state index is 0.0677. The summed E-state index contributed by atoms with van der Waals surface area (Å²) in [4.78, 5) is 20.0. The van der Waals surface area contributed by atoms with E-state index < -0.39 is 0 Å². The van der Waals surface area contributed by atoms with Crippen LogP contribution in [0.2, 0.25) is 0 Å². The highest BCUT2D eigenvalue weighted by atomic mass is 32.1. The number of methoxy groups -OCH3 is 2. The zero-order valence-corrected chi connectivity index (χ0v) is 19.7. The van der Waals surface area contributed by atoms with Gasteiger partial charge in [-0.05, 0) is 48.1 Å². The van der Waals surface area contributed by atoms with Crippen LogP contribution >= 0.6 is 11.3 Å². The van der Waals surface area contributed by atoms with Crippen molar-refractivity contribution in [2.24, 2.45) is 0 Å². The molecule has 1 aliphatic carbocycles. The van der Waals surface area contributed by atoms with Crippen molar-refractivity contribution in [2.45, 2.75) is 38.4 Å². The van der Waals surface area contributed by atoms with Crippen molar-refractivity contribution in [3.05, 3.63) is 86.8 Å². The van der Waals surface area contributed by atoms with Crippen LogP contribution in [0.25, 0.3) is 10.2 Å². The molecular weight excluding hydrogens is 434 g/mol. The van der Waals surface area contributed by atoms with Crippen molar-refractivity contribution in [3.8, 4) is 11.5 Å². The van der Waals surface area contributed by atoms with E-state index in [0.717, 1.165) is 58.6 Å². The Kier molecular flexibility index (Phi) is 6.15. The van der Waals surface area contributed by atoms with Gasteiger partial charge in [0.15, 0.2) is 11.5 Å². The summed E-state index contributed by atoms with van der Waals surface area (Å²) < 4.78 is 12.5. The van der Waals surface area contributed by atoms with E-state index in [9.17, 15) is 4.79 Å². The molecule has 5 rings (SSSR count). The number of fused-ring (bicyclic) bond motifs is 3. The Morgan fingerprint density at radius 2 is 1.91 bits per heavy atom. The number of thiophene rings is 1. The summed E-state index contributed by atoms with van der Waals surface area (Å²) in [5.74, 6) is 1.48. The van der Waals surface area contributed by atoms with Gasteiger partial charge in [0.1, 0.15) is 4.83 Å². The van der Waals surface area contributed by atoms with Crippen LogP contribution in [0.3, 0.4) is 0 Å². The van der Waals surface area contributed by atoms with Gasteiger partial charge in [0.05, 0.1) is 32.5 Å². The normalized spacial score (nSPS) is 15.4. The van der Waals surface area contributed by atoms with Crippen LogP contribution in [-0.4, -0.2) is 29.8 Å². The monoisotopic (exact) mass is 461 g/mol. The largest absolute Gasteiger partial charge is 0.493 e. The molecule has 7 heteroatoms. The second kappa shape index (κ2) is 9.37. The average Bonchev–Trinajstić information content (AvgIpc) is 3.23. The molecule has 0 radical (unpaired) electrons. The van der Waals surface area contributed by atoms with E-state index in [1.54, 1.807) is 36.5 Å². The summed E-state index contributed by atoms with van der Waals surface area (Å²) in [5, 5.41) is 4.49. The first-order valence-electron chi connectivity index (χ1n) is 11.1. The summed E-state index contributed by atoms with van der Waals surface area (Å²) in [7, 11) is 3.30. The lowest BCUT2D eigenvalue weighted by molar-refractivity contribution is 0.354. The molecule has 2 heterocycles. The molecule has 2 aromatic carbocycles. The van der Waals surface area contributed by atoms with Crippen LogP contribution in [0.4, 0.5) is 0 Å². The predicted octanol–water partition coefficient (Wildman–Crippen LogP) is 4.17. The lowest BCUT2D eigenvalue weighted by Crippen LogP contribution is -2.33. The summed E-state index contributed by atoms with van der Waals surface area (Å²) in [6.45, 7) is 1.30. The molecule has 33 heavy (non-hydrogen) atoms. The molecule has 0 unspecified atom stereocenters. The Morgan fingerprint density at radius 3 is 2.70 bits per heavy atom. The van der Waals surface area contributed by atoms with Crippen molar-refractivity contribution < 1.29 is 9.47 Å². The first-order valence-corrected chi connectivity index (χ1v) is 12.0. The number of ether oxygens (including phenoxy) is 2. The number of nitrogens with zero attached hydrogens (tertiary/aromatic N) is 2. The lowest BCUT2D eigenvalue weighted by Gasteiger charge is -2.23. The number of hydrogen-bond acceptors (Lipinski definition) is 6. The van der Waals surface area contributed by atoms with Crippen LogP contribution in [0, 0.1) is 0 Å². The van der Waals surface area contributed by atoms with Gasteiger partial charge in [-0.15, -0.1) is 11.3 Å². The highest BCUT2D eigenvalue weighted by Crippen LogP contribution is 2.34. The minimum atomic E-state index is 0.0677. The second-order valence-corrected chi connectivity index (χ2v) is 9.44. The van der Waals surface area contributed by atoms with Gasteiger partial charge in [-0.2, -0.15) is 0 Å². The molecular formula is C26H27N3O3S. The fraction of sp³-hybridized carbons (Fsp3) is 0.308. The zero-order chi connectivity index (χ0) is 22.8. The van der Waals surface area contributed by atoms with Crippen LogP contribution in [0.1, 0.15) is 28.0 Å². The van der Waals surface area contributed by atoms with Gasteiger partial charge in [-0.25, -0.2) is 4.98 Å². The van der Waals surface area contributed by atoms with Gasteiger partial charge in [-0.3, -0.25) is 9.36 Å². The molecule has 0 fully saturated rings. The lowest BCUT2D eigenvalue weighted by atomic mass is 9.93. The van der Waals surface area contributed by atoms with E-state index in [0.29, 0.717) is 12.6 Å². The van der Waals surface area contributed by atoms with Crippen molar-refractivity contribution in [3.63, 3.8) is 0 Å². The van der Waals surface area contributed by atoms with E-state index >= 15 is 0 Å². The maximum Gasteiger partial charge on any atom is 0.262 e. The van der Waals surface area contributed by atoms with Crippen molar-refractivity contribution >= 4 is 21.6 Å². The molecule has 0 aliphatic heterocycles. The van der Waals surface area contributed by atoms with Crippen LogP contribution < -0.4 is 20.3 Å². The third-order valence-corrected chi connectivity index (χ3v) is 7.44. The van der Waals surface area contributed by atoms with Gasteiger partial charge >= 0.3 is 0 Å². The minimum Gasteiger partial charge on any atom is -0.493 e. The van der Waals surface area contributed by atoms with Gasteiger partial charge in [0.2, 0.25) is 0 Å². The molecule has 0 spiro atoms. The molecule has 1 atom stereocenters. The Hall–Kier alpha value is -3.16. The Bertz CT molecular complexity index is 1330. The zero-order valence-electron chi connectivity index (χ0n) is 18.8. The third kappa shape index (κ3) is 4.38. The highest BCUT2D eigenvalue weighted by Gasteiger charge is 2.25. The number of benzene rings is 2. The van der Waals surface area contributed by atoms with Gasteiger partial charge < -0.3 is 14.8 Å². The predicted molar refractivity (Wildman–Crippen MR) is 132 cm³/mol. The third-order valence-electron chi connectivity index (χ3n) is 6.27. The van der Waals surface area contributed by atoms with E-state index in [1.807, 2.05) is 42.5 Å². The summed E-state index contributed by atoms with van der Waals surface area (Å²) in [6.07, 6.45) is 4.50. The van der Waals surface area contributed by atoms with Gasteiger partial charge in [-0.1, -0.05) is 36.4 Å². The summed E-state index contributed by atoms with van der Waals surface area (Å²) in [5.41, 5.74) is 3.52. The molecule has 4 aromatic rings. The van der Waals surface area contributed by atoms with Crippen LogP contribution in [-0.2, 0) is 25.9 Å². The van der Waals surface area contributed by atoms with Gasteiger partial charge in [0, 0.05) is 17.5 Å². The standard InChI is InChI=1S/C26H27N3O3S/c1-31-21-11-8-18(12-22(21)32-2)14-27-19-9-10-20-23(13-19)33-25-24(20)26(30)29(16-28-25)15-17-6-4-3-5-7-17/h3-8,11-12,16,19,27H,9-10,13-15H2,1-2H3/t19-/m0/s1. The van der Waals surface area contributed by atoms with E-state index in [2.05, 4.69) is 16.4 Å². The molecule has 0 saturated heterocycles. The van der Waals surface area contributed by atoms with E-state index in [-0.39, 0.29) is 5.56 Å². The van der Waals surface area contributed by atoms with Gasteiger partial charge in [0.25, 0.3) is 5.56 Å². The van der Waals surface area contributed by atoms with Crippen LogP contribution in [0.15, 0.2) is 59.7 Å². The fourth-order valence-corrected chi connectivity index (χ4v) is 5.78. The van der Waals surface area contributed by atoms with Crippen molar-refractivity contribution in [1.29, 1.82) is 0 Å². The van der Waals surface area contributed by atoms with Crippen LogP contribution in [0.5, 0.6) is 11.5 Å². The average molecular weight is 462 g/mol. The molecule has 170 valence electrons. The SMILES string of the molecule is COc1ccc(CN[C@H]2CCc3c(sc4ncn(Cc5ccccc5)c(=O)c34)C2)cc1OC. The van der Waals surface area contributed by atoms with E-state index in [4.69, 9.17) is 9.47 Å². The summed E-state index contributed by atoms with van der Waals surface area (Å²) in [6, 6.07) is 16.4. The smallest absolute Gasteiger partial charge is 0.262 e. The maximum absolute atomic E-state index is 13.3. The molecule has 2 aromatic heterocycles. The first-order chi connectivity index (χ1) is 16.2. The topological polar surface area (TPSA) is 65.4 Å². The van der Waals surface area contributed by atoms with Crippen molar-refractivity contribution in [1.82, 2.24) is 14.9 Å². The molecule has 0 saturated carbocycles.